The molecule has 124 valence electrons. The van der Waals surface area contributed by atoms with Crippen molar-refractivity contribution in [3.63, 3.8) is 0 Å². The largest absolute Gasteiger partial charge is 0.454 e. The van der Waals surface area contributed by atoms with Gasteiger partial charge in [-0.3, -0.25) is 4.79 Å². The van der Waals surface area contributed by atoms with Crippen LogP contribution in [-0.4, -0.2) is 27.4 Å². The molecule has 0 fully saturated rings. The molecule has 1 aliphatic heterocycles. The van der Waals surface area contributed by atoms with Gasteiger partial charge in [0.25, 0.3) is 0 Å². The summed E-state index contributed by atoms with van der Waals surface area (Å²) >= 11 is 0. The molecule has 24 heavy (non-hydrogen) atoms. The lowest BCUT2D eigenvalue weighted by Gasteiger charge is -2.03. The summed E-state index contributed by atoms with van der Waals surface area (Å²) in [6.45, 7) is 0.201. The molecule has 2 aromatic carbocycles. The zero-order valence-corrected chi connectivity index (χ0v) is 13.7. The third kappa shape index (κ3) is 3.75. The molecule has 0 saturated carbocycles. The van der Waals surface area contributed by atoms with Crippen molar-refractivity contribution in [3.05, 3.63) is 54.1 Å². The van der Waals surface area contributed by atoms with E-state index < -0.39 is 9.84 Å². The van der Waals surface area contributed by atoms with E-state index in [1.807, 2.05) is 6.07 Å². The molecule has 0 saturated heterocycles. The summed E-state index contributed by atoms with van der Waals surface area (Å²) in [6.07, 6.45) is 4.18. The Balaban J connectivity index is 1.65. The zero-order chi connectivity index (χ0) is 17.2. The van der Waals surface area contributed by atoms with E-state index in [0.29, 0.717) is 17.2 Å². The number of rotatable bonds is 4. The number of ether oxygens (including phenoxy) is 2. The Bertz CT molecular complexity index is 901. The lowest BCUT2D eigenvalue weighted by atomic mass is 10.2. The van der Waals surface area contributed by atoms with Gasteiger partial charge in [0.2, 0.25) is 12.7 Å². The van der Waals surface area contributed by atoms with Crippen molar-refractivity contribution in [1.29, 1.82) is 0 Å². The summed E-state index contributed by atoms with van der Waals surface area (Å²) in [6, 6.07) is 11.4. The van der Waals surface area contributed by atoms with Crippen LogP contribution in [0.2, 0.25) is 0 Å². The van der Waals surface area contributed by atoms with Crippen LogP contribution >= 0.6 is 0 Å². The molecule has 0 unspecified atom stereocenters. The number of hydrogen-bond acceptors (Lipinski definition) is 5. The van der Waals surface area contributed by atoms with E-state index in [9.17, 15) is 13.2 Å². The van der Waals surface area contributed by atoms with Crippen LogP contribution in [-0.2, 0) is 14.6 Å². The first-order valence-corrected chi connectivity index (χ1v) is 9.00. The van der Waals surface area contributed by atoms with E-state index in [1.54, 1.807) is 30.3 Å². The van der Waals surface area contributed by atoms with Crippen LogP contribution in [0.5, 0.6) is 11.5 Å². The van der Waals surface area contributed by atoms with Crippen LogP contribution in [0.25, 0.3) is 6.08 Å². The molecule has 6 nitrogen and oxygen atoms in total. The highest BCUT2D eigenvalue weighted by Crippen LogP contribution is 2.32. The van der Waals surface area contributed by atoms with Gasteiger partial charge in [0.15, 0.2) is 21.3 Å². The van der Waals surface area contributed by atoms with Crippen LogP contribution in [0.15, 0.2) is 53.4 Å². The molecule has 0 atom stereocenters. The molecule has 7 heteroatoms. The number of nitrogens with one attached hydrogen (secondary N) is 1. The Morgan fingerprint density at radius 3 is 2.50 bits per heavy atom. The fraction of sp³-hybridized carbons (Fsp3) is 0.118. The lowest BCUT2D eigenvalue weighted by molar-refractivity contribution is -0.111. The second-order valence-corrected chi connectivity index (χ2v) is 7.25. The van der Waals surface area contributed by atoms with Gasteiger partial charge in [-0.05, 0) is 48.0 Å². The first kappa shape index (κ1) is 16.1. The smallest absolute Gasteiger partial charge is 0.248 e. The molecule has 1 aliphatic rings. The first-order chi connectivity index (χ1) is 11.4. The van der Waals surface area contributed by atoms with Gasteiger partial charge in [0.05, 0.1) is 4.90 Å². The van der Waals surface area contributed by atoms with E-state index in [1.165, 1.54) is 18.2 Å². The molecule has 3 rings (SSSR count). The summed E-state index contributed by atoms with van der Waals surface area (Å²) < 4.78 is 33.3. The lowest BCUT2D eigenvalue weighted by Crippen LogP contribution is -2.08. The third-order valence-electron chi connectivity index (χ3n) is 3.37. The maximum Gasteiger partial charge on any atom is 0.248 e. The fourth-order valence-electron chi connectivity index (χ4n) is 2.16. The molecule has 1 heterocycles. The quantitative estimate of drug-likeness (QED) is 0.861. The van der Waals surface area contributed by atoms with Crippen molar-refractivity contribution in [2.75, 3.05) is 18.4 Å². The van der Waals surface area contributed by atoms with Crippen LogP contribution in [0, 0.1) is 0 Å². The second-order valence-electron chi connectivity index (χ2n) is 5.23. The number of carbonyl (C=O) groups excluding carboxylic acids is 1. The summed E-state index contributed by atoms with van der Waals surface area (Å²) in [5.74, 6) is 1.01. The predicted octanol–water partition coefficient (Wildman–Crippen LogP) is 2.47. The number of anilines is 1. The Morgan fingerprint density at radius 1 is 1.08 bits per heavy atom. The van der Waals surface area contributed by atoms with Gasteiger partial charge in [-0.25, -0.2) is 8.42 Å². The first-order valence-electron chi connectivity index (χ1n) is 7.11. The number of fused-ring (bicyclic) bond motifs is 1. The predicted molar refractivity (Wildman–Crippen MR) is 89.8 cm³/mol. The van der Waals surface area contributed by atoms with Crippen LogP contribution < -0.4 is 14.8 Å². The minimum absolute atomic E-state index is 0.201. The van der Waals surface area contributed by atoms with Gasteiger partial charge < -0.3 is 14.8 Å². The van der Waals surface area contributed by atoms with Gasteiger partial charge >= 0.3 is 0 Å². The van der Waals surface area contributed by atoms with E-state index >= 15 is 0 Å². The van der Waals surface area contributed by atoms with Crippen molar-refractivity contribution >= 4 is 27.5 Å². The van der Waals surface area contributed by atoms with Crippen molar-refractivity contribution in [3.8, 4) is 11.5 Å². The van der Waals surface area contributed by atoms with E-state index in [4.69, 9.17) is 9.47 Å². The third-order valence-corrected chi connectivity index (χ3v) is 4.50. The molecular formula is C17H15NO5S. The van der Waals surface area contributed by atoms with Crippen molar-refractivity contribution < 1.29 is 22.7 Å². The topological polar surface area (TPSA) is 81.7 Å². The summed E-state index contributed by atoms with van der Waals surface area (Å²) in [5, 5.41) is 2.67. The molecule has 0 bridgehead atoms. The van der Waals surface area contributed by atoms with E-state index in [0.717, 1.165) is 11.8 Å². The summed E-state index contributed by atoms with van der Waals surface area (Å²) in [5.41, 5.74) is 1.32. The number of benzene rings is 2. The highest BCUT2D eigenvalue weighted by atomic mass is 32.2. The average Bonchev–Trinajstić information content (AvgIpc) is 3.00. The number of carbonyl (C=O) groups is 1. The van der Waals surface area contributed by atoms with Crippen LogP contribution in [0.4, 0.5) is 5.69 Å². The van der Waals surface area contributed by atoms with Crippen molar-refractivity contribution in [1.82, 2.24) is 0 Å². The Morgan fingerprint density at radius 2 is 1.79 bits per heavy atom. The van der Waals surface area contributed by atoms with Gasteiger partial charge in [0.1, 0.15) is 0 Å². The highest BCUT2D eigenvalue weighted by Gasteiger charge is 2.12. The molecular weight excluding hydrogens is 330 g/mol. The fourth-order valence-corrected chi connectivity index (χ4v) is 2.79. The maximum atomic E-state index is 11.9. The molecule has 1 N–H and O–H groups in total. The van der Waals surface area contributed by atoms with Crippen molar-refractivity contribution in [2.45, 2.75) is 4.90 Å². The molecule has 2 aromatic rings. The van der Waals surface area contributed by atoms with Gasteiger partial charge in [-0.15, -0.1) is 0 Å². The van der Waals surface area contributed by atoms with Gasteiger partial charge in [-0.1, -0.05) is 6.07 Å². The normalized spacial score (nSPS) is 13.2. The van der Waals surface area contributed by atoms with E-state index in [2.05, 4.69) is 5.32 Å². The van der Waals surface area contributed by atoms with Gasteiger partial charge in [0, 0.05) is 18.0 Å². The van der Waals surface area contributed by atoms with Crippen LogP contribution in [0.3, 0.4) is 0 Å². The maximum absolute atomic E-state index is 11.9. The molecule has 0 aliphatic carbocycles. The second kappa shape index (κ2) is 6.37. The standard InChI is InChI=1S/C17H15NO5S/c1-24(20,21)14-6-4-13(5-7-14)18-17(19)9-3-12-2-8-15-16(10-12)23-11-22-15/h2-10H,11H2,1H3,(H,18,19)/b9-3+. The van der Waals surface area contributed by atoms with E-state index in [-0.39, 0.29) is 17.6 Å². The molecule has 0 spiro atoms. The number of amides is 1. The van der Waals surface area contributed by atoms with Gasteiger partial charge in [-0.2, -0.15) is 0 Å². The van der Waals surface area contributed by atoms with Crippen LogP contribution in [0.1, 0.15) is 5.56 Å². The Kier molecular flexibility index (Phi) is 4.26. The SMILES string of the molecule is CS(=O)(=O)c1ccc(NC(=O)/C=C/c2ccc3c(c2)OCO3)cc1. The number of sulfone groups is 1. The molecule has 0 aromatic heterocycles. The molecule has 1 amide bonds. The number of hydrogen-bond donors (Lipinski definition) is 1. The highest BCUT2D eigenvalue weighted by molar-refractivity contribution is 7.90. The van der Waals surface area contributed by atoms with Crippen molar-refractivity contribution in [2.24, 2.45) is 0 Å². The zero-order valence-electron chi connectivity index (χ0n) is 12.9. The summed E-state index contributed by atoms with van der Waals surface area (Å²) in [7, 11) is -3.25. The molecule has 0 radical (unpaired) electrons. The monoisotopic (exact) mass is 345 g/mol. The average molecular weight is 345 g/mol. The Labute approximate surface area is 139 Å². The Hall–Kier alpha value is -2.80. The summed E-state index contributed by atoms with van der Waals surface area (Å²) in [4.78, 5) is 12.1. The minimum Gasteiger partial charge on any atom is -0.454 e. The minimum atomic E-state index is -3.25.